The maximum atomic E-state index is 5.03. The number of aryl methyl sites for hydroxylation is 2. The molecule has 1 fully saturated rings. The highest BCUT2D eigenvalue weighted by atomic mass is 32.1. The lowest BCUT2D eigenvalue weighted by Crippen LogP contribution is -2.14. The molecule has 0 unspecified atom stereocenters. The lowest BCUT2D eigenvalue weighted by Gasteiger charge is -2.08. The molecule has 1 aliphatic carbocycles. The zero-order valence-electron chi connectivity index (χ0n) is 13.5. The predicted molar refractivity (Wildman–Crippen MR) is 97.2 cm³/mol. The first kappa shape index (κ1) is 14.5. The maximum Gasteiger partial charge on any atom is 0.190 e. The fraction of sp³-hybridized carbons (Fsp3) is 0.250. The van der Waals surface area contributed by atoms with Crippen LogP contribution in [0.1, 0.15) is 30.0 Å². The SMILES string of the molecule is Cc1cccc(C)c1N=c1scc(-c2ccccc2)n1C1CC1. The van der Waals surface area contributed by atoms with E-state index in [1.807, 2.05) is 0 Å². The molecule has 0 spiro atoms. The Kier molecular flexibility index (Phi) is 3.66. The van der Waals surface area contributed by atoms with Gasteiger partial charge in [-0.3, -0.25) is 0 Å². The van der Waals surface area contributed by atoms with E-state index in [-0.39, 0.29) is 0 Å². The summed E-state index contributed by atoms with van der Waals surface area (Å²) in [5.74, 6) is 0. The van der Waals surface area contributed by atoms with Crippen LogP contribution >= 0.6 is 11.3 Å². The average Bonchev–Trinajstić information content (AvgIpc) is 3.32. The molecule has 3 heteroatoms. The van der Waals surface area contributed by atoms with E-state index >= 15 is 0 Å². The molecule has 0 aliphatic heterocycles. The van der Waals surface area contributed by atoms with Gasteiger partial charge < -0.3 is 4.57 Å². The summed E-state index contributed by atoms with van der Waals surface area (Å²) in [5, 5.41) is 2.25. The summed E-state index contributed by atoms with van der Waals surface area (Å²) in [7, 11) is 0. The van der Waals surface area contributed by atoms with Crippen molar-refractivity contribution in [2.24, 2.45) is 4.99 Å². The van der Waals surface area contributed by atoms with Crippen LogP contribution in [0, 0.1) is 13.8 Å². The van der Waals surface area contributed by atoms with Crippen molar-refractivity contribution in [1.29, 1.82) is 0 Å². The van der Waals surface area contributed by atoms with Crippen LogP contribution in [0.3, 0.4) is 0 Å². The third kappa shape index (κ3) is 2.77. The van der Waals surface area contributed by atoms with Crippen molar-refractivity contribution in [3.8, 4) is 11.3 Å². The van der Waals surface area contributed by atoms with Crippen LogP contribution in [0.5, 0.6) is 0 Å². The van der Waals surface area contributed by atoms with Crippen LogP contribution in [0.4, 0.5) is 5.69 Å². The number of para-hydroxylation sites is 1. The van der Waals surface area contributed by atoms with E-state index < -0.39 is 0 Å². The second-order valence-electron chi connectivity index (χ2n) is 6.22. The Morgan fingerprint density at radius 3 is 2.30 bits per heavy atom. The summed E-state index contributed by atoms with van der Waals surface area (Å²) < 4.78 is 2.44. The van der Waals surface area contributed by atoms with Gasteiger partial charge in [-0.05, 0) is 43.4 Å². The van der Waals surface area contributed by atoms with Gasteiger partial charge in [0.15, 0.2) is 4.80 Å². The molecule has 2 nitrogen and oxygen atoms in total. The van der Waals surface area contributed by atoms with Crippen molar-refractivity contribution in [3.63, 3.8) is 0 Å². The molecule has 0 bridgehead atoms. The second kappa shape index (κ2) is 5.82. The topological polar surface area (TPSA) is 17.3 Å². The largest absolute Gasteiger partial charge is 0.313 e. The monoisotopic (exact) mass is 320 g/mol. The molecule has 1 aromatic heterocycles. The molecule has 1 saturated carbocycles. The normalized spacial score (nSPS) is 15.1. The average molecular weight is 320 g/mol. The number of aromatic nitrogens is 1. The molecule has 4 rings (SSSR count). The highest BCUT2D eigenvalue weighted by molar-refractivity contribution is 7.07. The number of nitrogens with zero attached hydrogens (tertiary/aromatic N) is 2. The van der Waals surface area contributed by atoms with Crippen LogP contribution in [-0.4, -0.2) is 4.57 Å². The summed E-state index contributed by atoms with van der Waals surface area (Å²) in [4.78, 5) is 6.14. The van der Waals surface area contributed by atoms with Gasteiger partial charge >= 0.3 is 0 Å². The third-order valence-corrected chi connectivity index (χ3v) is 5.21. The smallest absolute Gasteiger partial charge is 0.190 e. The summed E-state index contributed by atoms with van der Waals surface area (Å²) in [6.45, 7) is 4.28. The van der Waals surface area contributed by atoms with E-state index in [1.165, 1.54) is 35.2 Å². The molecule has 0 atom stereocenters. The molecule has 1 heterocycles. The lowest BCUT2D eigenvalue weighted by atomic mass is 10.1. The van der Waals surface area contributed by atoms with E-state index in [1.54, 1.807) is 11.3 Å². The molecular weight excluding hydrogens is 300 g/mol. The van der Waals surface area contributed by atoms with Crippen molar-refractivity contribution in [2.45, 2.75) is 32.7 Å². The van der Waals surface area contributed by atoms with Gasteiger partial charge in [0.05, 0.1) is 11.4 Å². The van der Waals surface area contributed by atoms with Gasteiger partial charge in [0, 0.05) is 11.4 Å². The van der Waals surface area contributed by atoms with Gasteiger partial charge in [-0.1, -0.05) is 48.5 Å². The Hall–Kier alpha value is -2.13. The fourth-order valence-electron chi connectivity index (χ4n) is 2.98. The quantitative estimate of drug-likeness (QED) is 0.615. The minimum absolute atomic E-state index is 0.611. The van der Waals surface area contributed by atoms with Gasteiger partial charge in [0.1, 0.15) is 0 Å². The van der Waals surface area contributed by atoms with Crippen molar-refractivity contribution >= 4 is 17.0 Å². The summed E-state index contributed by atoms with van der Waals surface area (Å²) in [6.07, 6.45) is 2.52. The third-order valence-electron chi connectivity index (χ3n) is 4.37. The van der Waals surface area contributed by atoms with Gasteiger partial charge in [-0.2, -0.15) is 0 Å². The van der Waals surface area contributed by atoms with Crippen LogP contribution < -0.4 is 4.80 Å². The van der Waals surface area contributed by atoms with Crippen LogP contribution in [0.25, 0.3) is 11.3 Å². The Balaban J connectivity index is 1.91. The van der Waals surface area contributed by atoms with Gasteiger partial charge in [-0.15, -0.1) is 11.3 Å². The molecule has 3 aromatic rings. The van der Waals surface area contributed by atoms with Crippen LogP contribution in [-0.2, 0) is 0 Å². The standard InChI is InChI=1S/C20H20N2S/c1-14-7-6-8-15(2)19(14)21-20-22(17-11-12-17)18(13-23-20)16-9-4-3-5-10-16/h3-10,13,17H,11-12H2,1-2H3. The molecule has 116 valence electrons. The minimum Gasteiger partial charge on any atom is -0.313 e. The van der Waals surface area contributed by atoms with E-state index in [0.717, 1.165) is 10.5 Å². The first-order valence-electron chi connectivity index (χ1n) is 8.10. The fourth-order valence-corrected chi connectivity index (χ4v) is 3.96. The molecule has 2 aromatic carbocycles. The number of hydrogen-bond donors (Lipinski definition) is 0. The van der Waals surface area contributed by atoms with Gasteiger partial charge in [0.25, 0.3) is 0 Å². The van der Waals surface area contributed by atoms with E-state index in [4.69, 9.17) is 4.99 Å². The van der Waals surface area contributed by atoms with Crippen molar-refractivity contribution < 1.29 is 0 Å². The minimum atomic E-state index is 0.611. The summed E-state index contributed by atoms with van der Waals surface area (Å²) in [6, 6.07) is 17.6. The molecule has 0 saturated heterocycles. The Bertz CT molecular complexity index is 879. The molecule has 0 radical (unpaired) electrons. The highest BCUT2D eigenvalue weighted by Gasteiger charge is 2.27. The Morgan fingerprint density at radius 2 is 1.65 bits per heavy atom. The van der Waals surface area contributed by atoms with E-state index in [0.29, 0.717) is 6.04 Å². The summed E-state index contributed by atoms with van der Waals surface area (Å²) in [5.41, 5.74) is 6.16. The van der Waals surface area contributed by atoms with E-state index in [2.05, 4.69) is 72.3 Å². The highest BCUT2D eigenvalue weighted by Crippen LogP contribution is 2.38. The predicted octanol–water partition coefficient (Wildman–Crippen LogP) is 5.40. The second-order valence-corrected chi connectivity index (χ2v) is 7.06. The maximum absolute atomic E-state index is 5.03. The molecule has 1 aliphatic rings. The molecule has 23 heavy (non-hydrogen) atoms. The molecular formula is C20H20N2S. The Labute approximate surface area is 140 Å². The lowest BCUT2D eigenvalue weighted by molar-refractivity contribution is 0.724. The van der Waals surface area contributed by atoms with E-state index in [9.17, 15) is 0 Å². The number of rotatable bonds is 3. The molecule has 0 N–H and O–H groups in total. The summed E-state index contributed by atoms with van der Waals surface area (Å²) >= 11 is 1.75. The van der Waals surface area contributed by atoms with Crippen LogP contribution in [0.15, 0.2) is 58.9 Å². The van der Waals surface area contributed by atoms with Crippen molar-refractivity contribution in [3.05, 3.63) is 69.8 Å². The Morgan fingerprint density at radius 1 is 0.957 bits per heavy atom. The van der Waals surface area contributed by atoms with Crippen molar-refractivity contribution in [2.75, 3.05) is 0 Å². The van der Waals surface area contributed by atoms with Gasteiger partial charge in [0.2, 0.25) is 0 Å². The number of hydrogen-bond acceptors (Lipinski definition) is 2. The van der Waals surface area contributed by atoms with Gasteiger partial charge in [-0.25, -0.2) is 4.99 Å². The number of thiazole rings is 1. The molecule has 0 amide bonds. The van der Waals surface area contributed by atoms with Crippen LogP contribution in [0.2, 0.25) is 0 Å². The first-order chi connectivity index (χ1) is 11.2. The first-order valence-corrected chi connectivity index (χ1v) is 8.98. The zero-order valence-corrected chi connectivity index (χ0v) is 14.3. The number of benzene rings is 2. The van der Waals surface area contributed by atoms with Crippen molar-refractivity contribution in [1.82, 2.24) is 4.57 Å². The zero-order chi connectivity index (χ0) is 15.8.